The van der Waals surface area contributed by atoms with E-state index in [2.05, 4.69) is 20.5 Å². The molecule has 3 N–H and O–H groups in total. The van der Waals surface area contributed by atoms with Crippen LogP contribution in [0.1, 0.15) is 31.7 Å². The van der Waals surface area contributed by atoms with Crippen LogP contribution in [-0.2, 0) is 4.79 Å². The number of aryl methyl sites for hydroxylation is 2. The van der Waals surface area contributed by atoms with Crippen molar-refractivity contribution in [2.24, 2.45) is 11.7 Å². The second-order valence-corrected chi connectivity index (χ2v) is 4.47. The molecular formula is C11H19N5O. The molecule has 6 nitrogen and oxygen atoms in total. The second kappa shape index (κ2) is 5.67. The topological polar surface area (TPSA) is 93.8 Å². The molecule has 1 aromatic heterocycles. The molecule has 1 rings (SSSR count). The van der Waals surface area contributed by atoms with Crippen LogP contribution in [-0.4, -0.2) is 27.1 Å². The zero-order chi connectivity index (χ0) is 13.0. The third kappa shape index (κ3) is 4.07. The van der Waals surface area contributed by atoms with E-state index in [0.29, 0.717) is 0 Å². The molecule has 0 saturated carbocycles. The zero-order valence-electron chi connectivity index (χ0n) is 10.7. The fraction of sp³-hybridized carbons (Fsp3) is 0.636. The van der Waals surface area contributed by atoms with Gasteiger partial charge in [-0.25, -0.2) is 4.98 Å². The largest absolute Gasteiger partial charge is 0.327 e. The highest BCUT2D eigenvalue weighted by Crippen LogP contribution is 2.06. The lowest BCUT2D eigenvalue weighted by Gasteiger charge is -2.14. The summed E-state index contributed by atoms with van der Waals surface area (Å²) in [5.41, 5.74) is 7.31. The van der Waals surface area contributed by atoms with E-state index in [0.717, 1.165) is 11.4 Å². The normalized spacial score (nSPS) is 12.6. The van der Waals surface area contributed by atoms with E-state index in [4.69, 9.17) is 5.73 Å². The van der Waals surface area contributed by atoms with Gasteiger partial charge in [0, 0.05) is 12.5 Å². The molecule has 94 valence electrons. The molecule has 0 aliphatic heterocycles. The van der Waals surface area contributed by atoms with Crippen LogP contribution in [0.5, 0.6) is 0 Å². The number of nitrogens with two attached hydrogens (primary N) is 1. The van der Waals surface area contributed by atoms with Crippen molar-refractivity contribution < 1.29 is 4.79 Å². The molecule has 0 aliphatic carbocycles. The summed E-state index contributed by atoms with van der Waals surface area (Å²) in [6.07, 6.45) is 0.258. The molecule has 6 heteroatoms. The molecule has 0 fully saturated rings. The molecule has 1 aromatic rings. The highest BCUT2D eigenvalue weighted by molar-refractivity contribution is 5.89. The van der Waals surface area contributed by atoms with Gasteiger partial charge in [-0.05, 0) is 19.8 Å². The number of carbonyl (C=O) groups is 1. The van der Waals surface area contributed by atoms with Gasteiger partial charge in [-0.2, -0.15) is 5.10 Å². The Labute approximate surface area is 101 Å². The van der Waals surface area contributed by atoms with Gasteiger partial charge < -0.3 is 5.73 Å². The van der Waals surface area contributed by atoms with E-state index in [9.17, 15) is 4.79 Å². The standard InChI is InChI=1S/C11H19N5O/c1-6(2)9(12)5-10(17)14-11-13-7(3)8(4)15-16-11/h6,9H,5,12H2,1-4H3,(H,13,14,16,17). The van der Waals surface area contributed by atoms with E-state index >= 15 is 0 Å². The summed E-state index contributed by atoms with van der Waals surface area (Å²) in [5, 5.41) is 10.3. The first-order chi connectivity index (χ1) is 7.90. The van der Waals surface area contributed by atoms with Crippen LogP contribution < -0.4 is 11.1 Å². The lowest BCUT2D eigenvalue weighted by atomic mass is 10.0. The highest BCUT2D eigenvalue weighted by atomic mass is 16.1. The summed E-state index contributed by atoms with van der Waals surface area (Å²) in [6.45, 7) is 7.59. The number of amides is 1. The van der Waals surface area contributed by atoms with Crippen LogP contribution in [0.2, 0.25) is 0 Å². The van der Waals surface area contributed by atoms with Gasteiger partial charge >= 0.3 is 0 Å². The van der Waals surface area contributed by atoms with Crippen LogP contribution in [0.15, 0.2) is 0 Å². The summed E-state index contributed by atoms with van der Waals surface area (Å²) in [4.78, 5) is 15.7. The highest BCUT2D eigenvalue weighted by Gasteiger charge is 2.14. The molecule has 1 atom stereocenters. The van der Waals surface area contributed by atoms with E-state index < -0.39 is 0 Å². The summed E-state index contributed by atoms with van der Waals surface area (Å²) < 4.78 is 0. The number of rotatable bonds is 4. The van der Waals surface area contributed by atoms with Gasteiger partial charge in [0.15, 0.2) is 0 Å². The molecule has 1 unspecified atom stereocenters. The Hall–Kier alpha value is -1.56. The first kappa shape index (κ1) is 13.5. The lowest BCUT2D eigenvalue weighted by molar-refractivity contribution is -0.116. The molecule has 0 radical (unpaired) electrons. The molecular weight excluding hydrogens is 218 g/mol. The van der Waals surface area contributed by atoms with Crippen molar-refractivity contribution in [3.8, 4) is 0 Å². The fourth-order valence-electron chi connectivity index (χ4n) is 1.14. The van der Waals surface area contributed by atoms with Crippen molar-refractivity contribution in [3.05, 3.63) is 11.4 Å². The number of nitrogens with one attached hydrogen (secondary N) is 1. The summed E-state index contributed by atoms with van der Waals surface area (Å²) in [5.74, 6) is 0.310. The van der Waals surface area contributed by atoms with Crippen LogP contribution in [0.4, 0.5) is 5.95 Å². The van der Waals surface area contributed by atoms with E-state index in [-0.39, 0.29) is 30.2 Å². The van der Waals surface area contributed by atoms with Gasteiger partial charge in [-0.3, -0.25) is 10.1 Å². The Bertz CT molecular complexity index is 405. The van der Waals surface area contributed by atoms with Crippen molar-refractivity contribution in [1.82, 2.24) is 15.2 Å². The van der Waals surface area contributed by atoms with Gasteiger partial charge in [0.25, 0.3) is 0 Å². The Morgan fingerprint density at radius 3 is 2.47 bits per heavy atom. The van der Waals surface area contributed by atoms with E-state index in [1.54, 1.807) is 0 Å². The molecule has 1 amide bonds. The number of nitrogens with zero attached hydrogens (tertiary/aromatic N) is 3. The Balaban J connectivity index is 2.59. The van der Waals surface area contributed by atoms with Gasteiger partial charge in [0.2, 0.25) is 11.9 Å². The summed E-state index contributed by atoms with van der Waals surface area (Å²) >= 11 is 0. The van der Waals surface area contributed by atoms with Crippen LogP contribution in [0, 0.1) is 19.8 Å². The third-order valence-electron chi connectivity index (χ3n) is 2.62. The first-order valence-electron chi connectivity index (χ1n) is 5.63. The van der Waals surface area contributed by atoms with E-state index in [1.807, 2.05) is 27.7 Å². The third-order valence-corrected chi connectivity index (χ3v) is 2.62. The minimum Gasteiger partial charge on any atom is -0.327 e. The summed E-state index contributed by atoms with van der Waals surface area (Å²) in [7, 11) is 0. The molecule has 17 heavy (non-hydrogen) atoms. The predicted molar refractivity (Wildman–Crippen MR) is 65.4 cm³/mol. The molecule has 0 aliphatic rings. The molecule has 0 spiro atoms. The smallest absolute Gasteiger partial charge is 0.249 e. The molecule has 0 saturated heterocycles. The number of hydrogen-bond donors (Lipinski definition) is 2. The maximum Gasteiger partial charge on any atom is 0.249 e. The Kier molecular flexibility index (Phi) is 4.51. The lowest BCUT2D eigenvalue weighted by Crippen LogP contribution is -2.32. The SMILES string of the molecule is Cc1nnc(NC(=O)CC(N)C(C)C)nc1C. The van der Waals surface area contributed by atoms with Crippen molar-refractivity contribution in [2.45, 2.75) is 40.2 Å². The van der Waals surface area contributed by atoms with E-state index in [1.165, 1.54) is 0 Å². The van der Waals surface area contributed by atoms with Crippen LogP contribution in [0.25, 0.3) is 0 Å². The van der Waals surface area contributed by atoms with Gasteiger partial charge in [0.05, 0.1) is 11.4 Å². The number of anilines is 1. The maximum atomic E-state index is 11.6. The second-order valence-electron chi connectivity index (χ2n) is 4.47. The van der Waals surface area contributed by atoms with Crippen LogP contribution in [0.3, 0.4) is 0 Å². The summed E-state index contributed by atoms with van der Waals surface area (Å²) in [6, 6.07) is -0.158. The zero-order valence-corrected chi connectivity index (χ0v) is 10.7. The van der Waals surface area contributed by atoms with Gasteiger partial charge in [0.1, 0.15) is 0 Å². The molecule has 0 aromatic carbocycles. The van der Waals surface area contributed by atoms with Crippen molar-refractivity contribution in [2.75, 3.05) is 5.32 Å². The quantitative estimate of drug-likeness (QED) is 0.807. The predicted octanol–water partition coefficient (Wildman–Crippen LogP) is 0.800. The maximum absolute atomic E-state index is 11.6. The number of aromatic nitrogens is 3. The average Bonchev–Trinajstić information content (AvgIpc) is 2.23. The minimum absolute atomic E-state index is 0.158. The Morgan fingerprint density at radius 2 is 1.94 bits per heavy atom. The van der Waals surface area contributed by atoms with Crippen LogP contribution >= 0.6 is 0 Å². The fourth-order valence-corrected chi connectivity index (χ4v) is 1.14. The average molecular weight is 237 g/mol. The van der Waals surface area contributed by atoms with Crippen molar-refractivity contribution in [1.29, 1.82) is 0 Å². The molecule has 0 bridgehead atoms. The minimum atomic E-state index is -0.184. The van der Waals surface area contributed by atoms with Crippen molar-refractivity contribution >= 4 is 11.9 Å². The Morgan fingerprint density at radius 1 is 1.29 bits per heavy atom. The van der Waals surface area contributed by atoms with Gasteiger partial charge in [-0.15, -0.1) is 5.10 Å². The molecule has 1 heterocycles. The van der Waals surface area contributed by atoms with Crippen molar-refractivity contribution in [3.63, 3.8) is 0 Å². The number of carbonyl (C=O) groups excluding carboxylic acids is 1. The first-order valence-corrected chi connectivity index (χ1v) is 5.63. The van der Waals surface area contributed by atoms with Gasteiger partial charge in [-0.1, -0.05) is 13.8 Å². The monoisotopic (exact) mass is 237 g/mol. The number of hydrogen-bond acceptors (Lipinski definition) is 5.